The summed E-state index contributed by atoms with van der Waals surface area (Å²) >= 11 is 0. The van der Waals surface area contributed by atoms with Crippen LogP contribution in [0, 0.1) is 0 Å². The van der Waals surface area contributed by atoms with Gasteiger partial charge in [0.15, 0.2) is 0 Å². The van der Waals surface area contributed by atoms with E-state index >= 15 is 0 Å². The van der Waals surface area contributed by atoms with E-state index in [2.05, 4.69) is 35.8 Å². The molecule has 0 radical (unpaired) electrons. The molecule has 0 spiro atoms. The molecule has 0 saturated heterocycles. The van der Waals surface area contributed by atoms with Gasteiger partial charge < -0.3 is 10.6 Å². The van der Waals surface area contributed by atoms with Crippen LogP contribution in [0.25, 0.3) is 21.8 Å². The molecule has 130 valence electrons. The summed E-state index contributed by atoms with van der Waals surface area (Å²) in [7, 11) is 0. The van der Waals surface area contributed by atoms with Crippen molar-refractivity contribution < 1.29 is 0 Å². The maximum absolute atomic E-state index is 4.54. The predicted octanol–water partition coefficient (Wildman–Crippen LogP) is 4.39. The van der Waals surface area contributed by atoms with E-state index in [1.165, 1.54) is 0 Å². The van der Waals surface area contributed by atoms with Crippen molar-refractivity contribution in [1.29, 1.82) is 0 Å². The molecular formula is C20H15N7. The van der Waals surface area contributed by atoms with Crippen LogP contribution in [-0.2, 0) is 0 Å². The normalized spacial score (nSPS) is 11.0. The van der Waals surface area contributed by atoms with E-state index in [4.69, 9.17) is 0 Å². The van der Waals surface area contributed by atoms with Crippen molar-refractivity contribution in [1.82, 2.24) is 25.1 Å². The number of hydrogen-bond acceptors (Lipinski definition) is 6. The molecule has 2 aromatic carbocycles. The van der Waals surface area contributed by atoms with Crippen LogP contribution in [-0.4, -0.2) is 25.1 Å². The molecule has 0 atom stereocenters. The monoisotopic (exact) mass is 353 g/mol. The summed E-state index contributed by atoms with van der Waals surface area (Å²) in [6, 6.07) is 17.7. The third-order valence-corrected chi connectivity index (χ3v) is 4.23. The molecule has 3 heterocycles. The van der Waals surface area contributed by atoms with Crippen LogP contribution in [0.1, 0.15) is 0 Å². The molecular weight excluding hydrogens is 338 g/mol. The van der Waals surface area contributed by atoms with E-state index in [1.54, 1.807) is 18.6 Å². The number of rotatable bonds is 4. The van der Waals surface area contributed by atoms with Crippen LogP contribution in [0.5, 0.6) is 0 Å². The molecule has 0 bridgehead atoms. The van der Waals surface area contributed by atoms with Gasteiger partial charge in [0.05, 0.1) is 17.2 Å². The summed E-state index contributed by atoms with van der Waals surface area (Å²) in [5.74, 6) is 1.22. The molecule has 3 aromatic heterocycles. The van der Waals surface area contributed by atoms with Crippen LogP contribution in [0.2, 0.25) is 0 Å². The minimum atomic E-state index is 0.515. The fourth-order valence-electron chi connectivity index (χ4n) is 2.93. The minimum absolute atomic E-state index is 0.515. The largest absolute Gasteiger partial charge is 0.340 e. The minimum Gasteiger partial charge on any atom is -0.340 e. The summed E-state index contributed by atoms with van der Waals surface area (Å²) < 4.78 is 0. The highest BCUT2D eigenvalue weighted by Crippen LogP contribution is 2.22. The molecule has 7 heteroatoms. The first-order valence-corrected chi connectivity index (χ1v) is 8.48. The quantitative estimate of drug-likeness (QED) is 0.444. The van der Waals surface area contributed by atoms with Crippen molar-refractivity contribution in [3.05, 3.63) is 73.2 Å². The number of nitrogens with one attached hydrogen (secondary N) is 3. The number of aromatic nitrogens is 5. The average Bonchev–Trinajstić information content (AvgIpc) is 3.16. The zero-order valence-corrected chi connectivity index (χ0v) is 14.2. The Morgan fingerprint density at radius 2 is 1.70 bits per heavy atom. The van der Waals surface area contributed by atoms with Gasteiger partial charge in [-0.25, -0.2) is 4.98 Å². The van der Waals surface area contributed by atoms with Crippen LogP contribution < -0.4 is 10.6 Å². The highest BCUT2D eigenvalue weighted by Gasteiger charge is 2.04. The number of H-pyrrole nitrogens is 1. The molecule has 0 aliphatic heterocycles. The van der Waals surface area contributed by atoms with Gasteiger partial charge in [-0.05, 0) is 48.5 Å². The van der Waals surface area contributed by atoms with Gasteiger partial charge in [0, 0.05) is 34.5 Å². The zero-order valence-electron chi connectivity index (χ0n) is 14.2. The van der Waals surface area contributed by atoms with E-state index in [0.29, 0.717) is 11.8 Å². The Morgan fingerprint density at radius 3 is 2.70 bits per heavy atom. The smallest absolute Gasteiger partial charge is 0.229 e. The molecule has 7 nitrogen and oxygen atoms in total. The second kappa shape index (κ2) is 6.38. The molecule has 0 amide bonds. The van der Waals surface area contributed by atoms with Crippen LogP contribution in [0.4, 0.5) is 23.1 Å². The van der Waals surface area contributed by atoms with Gasteiger partial charge in [-0.3, -0.25) is 10.1 Å². The Kier molecular flexibility index (Phi) is 3.61. The SMILES string of the molecule is c1cnc2ccc(Nc3ccnc(Nc4ccc5cn[nH]c5c4)n3)cc2c1. The number of benzene rings is 2. The number of anilines is 4. The van der Waals surface area contributed by atoms with Crippen LogP contribution in [0.15, 0.2) is 73.2 Å². The van der Waals surface area contributed by atoms with Crippen molar-refractivity contribution in [2.24, 2.45) is 0 Å². The van der Waals surface area contributed by atoms with Gasteiger partial charge in [-0.1, -0.05) is 6.07 Å². The van der Waals surface area contributed by atoms with Gasteiger partial charge >= 0.3 is 0 Å². The van der Waals surface area contributed by atoms with E-state index in [1.807, 2.05) is 54.6 Å². The molecule has 0 aliphatic rings. The maximum Gasteiger partial charge on any atom is 0.229 e. The number of hydrogen-bond donors (Lipinski definition) is 3. The Bertz CT molecular complexity index is 1250. The molecule has 27 heavy (non-hydrogen) atoms. The van der Waals surface area contributed by atoms with Crippen molar-refractivity contribution in [2.75, 3.05) is 10.6 Å². The zero-order chi connectivity index (χ0) is 18.1. The molecule has 3 N–H and O–H groups in total. The maximum atomic E-state index is 4.54. The summed E-state index contributed by atoms with van der Waals surface area (Å²) in [6.45, 7) is 0. The first kappa shape index (κ1) is 15.3. The molecule has 5 rings (SSSR count). The van der Waals surface area contributed by atoms with Crippen LogP contribution in [0.3, 0.4) is 0 Å². The molecule has 0 fully saturated rings. The second-order valence-electron chi connectivity index (χ2n) is 6.10. The van der Waals surface area contributed by atoms with Crippen molar-refractivity contribution in [3.8, 4) is 0 Å². The van der Waals surface area contributed by atoms with Crippen molar-refractivity contribution in [3.63, 3.8) is 0 Å². The predicted molar refractivity (Wildman–Crippen MR) is 106 cm³/mol. The van der Waals surface area contributed by atoms with Gasteiger partial charge in [-0.2, -0.15) is 10.1 Å². The number of nitrogens with zero attached hydrogens (tertiary/aromatic N) is 4. The third kappa shape index (κ3) is 3.13. The topological polar surface area (TPSA) is 91.4 Å². The lowest BCUT2D eigenvalue weighted by molar-refractivity contribution is 1.12. The van der Waals surface area contributed by atoms with Gasteiger partial charge in [0.1, 0.15) is 5.82 Å². The third-order valence-electron chi connectivity index (χ3n) is 4.23. The van der Waals surface area contributed by atoms with E-state index in [0.717, 1.165) is 33.2 Å². The van der Waals surface area contributed by atoms with E-state index in [-0.39, 0.29) is 0 Å². The second-order valence-corrected chi connectivity index (χ2v) is 6.10. The van der Waals surface area contributed by atoms with Crippen molar-refractivity contribution >= 4 is 44.9 Å². The van der Waals surface area contributed by atoms with Crippen molar-refractivity contribution in [2.45, 2.75) is 0 Å². The first-order valence-electron chi connectivity index (χ1n) is 8.48. The summed E-state index contributed by atoms with van der Waals surface area (Å²) in [5, 5.41) is 15.7. The molecule has 0 unspecified atom stereocenters. The Labute approximate surface area is 154 Å². The summed E-state index contributed by atoms with van der Waals surface area (Å²) in [6.07, 6.45) is 5.30. The van der Waals surface area contributed by atoms with Gasteiger partial charge in [-0.15, -0.1) is 0 Å². The van der Waals surface area contributed by atoms with Gasteiger partial charge in [0.2, 0.25) is 5.95 Å². The van der Waals surface area contributed by atoms with E-state index < -0.39 is 0 Å². The Morgan fingerprint density at radius 1 is 0.778 bits per heavy atom. The average molecular weight is 353 g/mol. The highest BCUT2D eigenvalue weighted by atomic mass is 15.1. The fraction of sp³-hybridized carbons (Fsp3) is 0. The lowest BCUT2D eigenvalue weighted by atomic mass is 10.2. The first-order chi connectivity index (χ1) is 13.3. The van der Waals surface area contributed by atoms with Gasteiger partial charge in [0.25, 0.3) is 0 Å². The number of pyridine rings is 1. The standard InChI is InChI=1S/C20H15N7/c1-2-13-10-15(5-6-17(13)21-8-1)24-19-7-9-22-20(26-19)25-16-4-3-14-12-23-27-18(14)11-16/h1-12H,(H,23,27)(H2,22,24,25,26). The highest BCUT2D eigenvalue weighted by molar-refractivity contribution is 5.83. The molecule has 0 aliphatic carbocycles. The Hall–Kier alpha value is -4.00. The lowest BCUT2D eigenvalue weighted by Crippen LogP contribution is -2.00. The summed E-state index contributed by atoms with van der Waals surface area (Å²) in [5.41, 5.74) is 3.75. The fourth-order valence-corrected chi connectivity index (χ4v) is 2.93. The number of aromatic amines is 1. The molecule has 5 aromatic rings. The number of fused-ring (bicyclic) bond motifs is 2. The summed E-state index contributed by atoms with van der Waals surface area (Å²) in [4.78, 5) is 13.2. The lowest BCUT2D eigenvalue weighted by Gasteiger charge is -2.09. The van der Waals surface area contributed by atoms with E-state index in [9.17, 15) is 0 Å². The Balaban J connectivity index is 1.39. The van der Waals surface area contributed by atoms with Crippen LogP contribution >= 0.6 is 0 Å². The molecule has 0 saturated carbocycles.